The maximum atomic E-state index is 12.6. The fraction of sp³-hybridized carbons (Fsp3) is 0.375. The van der Waals surface area contributed by atoms with Crippen molar-refractivity contribution in [2.75, 3.05) is 26.2 Å². The van der Waals surface area contributed by atoms with Crippen LogP contribution in [0.25, 0.3) is 11.1 Å². The van der Waals surface area contributed by atoms with E-state index in [1.165, 1.54) is 6.07 Å². The molecule has 0 aliphatic carbocycles. The highest BCUT2D eigenvalue weighted by Gasteiger charge is 2.20. The average Bonchev–Trinajstić information content (AvgIpc) is 2.86. The summed E-state index contributed by atoms with van der Waals surface area (Å²) in [5.74, 6) is 0.671. The second-order valence-corrected chi connectivity index (χ2v) is 5.51. The molecule has 0 saturated carbocycles. The Hall–Kier alpha value is -2.34. The predicted octanol–water partition coefficient (Wildman–Crippen LogP) is 1.71. The van der Waals surface area contributed by atoms with E-state index in [4.69, 9.17) is 4.52 Å². The average molecular weight is 301 g/mol. The maximum Gasteiger partial charge on any atom is 0.254 e. The van der Waals surface area contributed by atoms with E-state index >= 15 is 0 Å². The molecule has 0 unspecified atom stereocenters. The second-order valence-electron chi connectivity index (χ2n) is 5.51. The van der Waals surface area contributed by atoms with Crippen LogP contribution in [0.15, 0.2) is 22.7 Å². The zero-order chi connectivity index (χ0) is 15.7. The summed E-state index contributed by atoms with van der Waals surface area (Å²) in [5.41, 5.74) is 2.79. The van der Waals surface area contributed by atoms with Gasteiger partial charge >= 0.3 is 0 Å². The highest BCUT2D eigenvalue weighted by atomic mass is 16.5. The van der Waals surface area contributed by atoms with Gasteiger partial charge in [-0.2, -0.15) is 0 Å². The molecule has 22 heavy (non-hydrogen) atoms. The van der Waals surface area contributed by atoms with Gasteiger partial charge in [0.05, 0.1) is 5.69 Å². The first-order chi connectivity index (χ1) is 10.6. The Morgan fingerprint density at radius 2 is 2.00 bits per heavy atom. The van der Waals surface area contributed by atoms with Gasteiger partial charge in [0.25, 0.3) is 5.91 Å². The molecule has 1 aromatic heterocycles. The first-order valence-corrected chi connectivity index (χ1v) is 7.33. The lowest BCUT2D eigenvalue weighted by Gasteiger charge is -2.27. The number of amides is 1. The molecule has 1 saturated heterocycles. The predicted molar refractivity (Wildman–Crippen MR) is 81.9 cm³/mol. The largest absolute Gasteiger partial charge is 0.508 e. The van der Waals surface area contributed by atoms with Gasteiger partial charge in [-0.1, -0.05) is 5.16 Å². The van der Waals surface area contributed by atoms with Gasteiger partial charge in [0.2, 0.25) is 0 Å². The zero-order valence-corrected chi connectivity index (χ0v) is 12.7. The number of piperazine rings is 1. The Kier molecular flexibility index (Phi) is 3.85. The van der Waals surface area contributed by atoms with Gasteiger partial charge in [0.1, 0.15) is 11.5 Å². The van der Waals surface area contributed by atoms with Crippen molar-refractivity contribution >= 4 is 5.91 Å². The Morgan fingerprint density at radius 1 is 1.27 bits per heavy atom. The first kappa shape index (κ1) is 14.6. The molecule has 2 N–H and O–H groups in total. The van der Waals surface area contributed by atoms with E-state index in [2.05, 4.69) is 10.5 Å². The van der Waals surface area contributed by atoms with E-state index in [0.717, 1.165) is 29.9 Å². The highest BCUT2D eigenvalue weighted by Crippen LogP contribution is 2.31. The Morgan fingerprint density at radius 3 is 2.64 bits per heavy atom. The summed E-state index contributed by atoms with van der Waals surface area (Å²) in [6.07, 6.45) is 0. The topological polar surface area (TPSA) is 78.6 Å². The van der Waals surface area contributed by atoms with E-state index < -0.39 is 0 Å². The van der Waals surface area contributed by atoms with Crippen molar-refractivity contribution in [1.29, 1.82) is 0 Å². The van der Waals surface area contributed by atoms with E-state index in [9.17, 15) is 9.90 Å². The van der Waals surface area contributed by atoms with Crippen LogP contribution in [0.2, 0.25) is 0 Å². The number of phenols is 1. The molecule has 6 nitrogen and oxygen atoms in total. The number of hydrogen-bond acceptors (Lipinski definition) is 5. The standard InChI is InChI=1S/C16H19N3O3/c1-10-15(11(2)22-18-10)12-7-13(9-14(20)8-12)16(21)19-5-3-17-4-6-19/h7-9,17,20H,3-6H2,1-2H3. The molecule has 1 amide bonds. The third-order valence-electron chi connectivity index (χ3n) is 3.89. The Bertz CT molecular complexity index is 683. The smallest absolute Gasteiger partial charge is 0.254 e. The summed E-state index contributed by atoms with van der Waals surface area (Å²) >= 11 is 0. The van der Waals surface area contributed by atoms with Crippen LogP contribution < -0.4 is 5.32 Å². The molecule has 116 valence electrons. The SMILES string of the molecule is Cc1noc(C)c1-c1cc(O)cc(C(=O)N2CCNCC2)c1. The summed E-state index contributed by atoms with van der Waals surface area (Å²) in [7, 11) is 0. The molecule has 6 heteroatoms. The molecular formula is C16H19N3O3. The highest BCUT2D eigenvalue weighted by molar-refractivity contribution is 5.96. The summed E-state index contributed by atoms with van der Waals surface area (Å²) in [4.78, 5) is 14.4. The van der Waals surface area contributed by atoms with Crippen LogP contribution in [0.4, 0.5) is 0 Å². The molecule has 2 heterocycles. The maximum absolute atomic E-state index is 12.6. The second kappa shape index (κ2) is 5.81. The molecule has 1 aromatic carbocycles. The number of aromatic nitrogens is 1. The lowest BCUT2D eigenvalue weighted by atomic mass is 10.0. The number of hydrogen-bond donors (Lipinski definition) is 2. The van der Waals surface area contributed by atoms with E-state index in [1.807, 2.05) is 13.8 Å². The van der Waals surface area contributed by atoms with E-state index in [0.29, 0.717) is 24.4 Å². The van der Waals surface area contributed by atoms with Gasteiger partial charge in [-0.3, -0.25) is 4.79 Å². The number of aromatic hydroxyl groups is 1. The van der Waals surface area contributed by atoms with Gasteiger partial charge < -0.3 is 19.8 Å². The van der Waals surface area contributed by atoms with Crippen LogP contribution in [-0.2, 0) is 0 Å². The molecule has 2 aromatic rings. The van der Waals surface area contributed by atoms with Crippen molar-refractivity contribution in [2.24, 2.45) is 0 Å². The number of nitrogens with one attached hydrogen (secondary N) is 1. The van der Waals surface area contributed by atoms with Crippen LogP contribution in [0.3, 0.4) is 0 Å². The zero-order valence-electron chi connectivity index (χ0n) is 12.7. The molecule has 1 fully saturated rings. The van der Waals surface area contributed by atoms with Crippen molar-refractivity contribution in [3.05, 3.63) is 35.2 Å². The number of phenolic OH excluding ortho intramolecular Hbond substituents is 1. The van der Waals surface area contributed by atoms with Gasteiger partial charge in [-0.15, -0.1) is 0 Å². The molecule has 0 radical (unpaired) electrons. The van der Waals surface area contributed by atoms with Crippen LogP contribution in [-0.4, -0.2) is 47.2 Å². The number of nitrogens with zero attached hydrogens (tertiary/aromatic N) is 2. The summed E-state index contributed by atoms with van der Waals surface area (Å²) < 4.78 is 5.17. The van der Waals surface area contributed by atoms with E-state index in [-0.39, 0.29) is 11.7 Å². The normalized spacial score (nSPS) is 15.1. The van der Waals surface area contributed by atoms with Crippen molar-refractivity contribution in [1.82, 2.24) is 15.4 Å². The van der Waals surface area contributed by atoms with Crippen LogP contribution in [0.5, 0.6) is 5.75 Å². The van der Waals surface area contributed by atoms with Crippen molar-refractivity contribution < 1.29 is 14.4 Å². The minimum Gasteiger partial charge on any atom is -0.508 e. The monoisotopic (exact) mass is 301 g/mol. The van der Waals surface area contributed by atoms with Crippen LogP contribution in [0, 0.1) is 13.8 Å². The minimum absolute atomic E-state index is 0.0644. The van der Waals surface area contributed by atoms with Crippen molar-refractivity contribution in [3.8, 4) is 16.9 Å². The third kappa shape index (κ3) is 2.69. The molecule has 1 aliphatic heterocycles. The van der Waals surface area contributed by atoms with Crippen LogP contribution in [0.1, 0.15) is 21.8 Å². The number of carbonyl (C=O) groups excluding carboxylic acids is 1. The van der Waals surface area contributed by atoms with Crippen molar-refractivity contribution in [3.63, 3.8) is 0 Å². The number of aryl methyl sites for hydroxylation is 2. The lowest BCUT2D eigenvalue weighted by molar-refractivity contribution is 0.0735. The minimum atomic E-state index is -0.0644. The lowest BCUT2D eigenvalue weighted by Crippen LogP contribution is -2.46. The number of carbonyl (C=O) groups is 1. The van der Waals surface area contributed by atoms with Gasteiger partial charge in [0, 0.05) is 37.3 Å². The summed E-state index contributed by atoms with van der Waals surface area (Å²) in [6.45, 7) is 6.59. The molecular weight excluding hydrogens is 282 g/mol. The molecule has 0 spiro atoms. The quantitative estimate of drug-likeness (QED) is 0.883. The fourth-order valence-electron chi connectivity index (χ4n) is 2.82. The third-order valence-corrected chi connectivity index (χ3v) is 3.89. The number of benzene rings is 1. The summed E-state index contributed by atoms with van der Waals surface area (Å²) in [5, 5.41) is 17.1. The van der Waals surface area contributed by atoms with Gasteiger partial charge in [-0.25, -0.2) is 0 Å². The van der Waals surface area contributed by atoms with Gasteiger partial charge in [0.15, 0.2) is 0 Å². The first-order valence-electron chi connectivity index (χ1n) is 7.33. The fourth-order valence-corrected chi connectivity index (χ4v) is 2.82. The molecule has 0 atom stereocenters. The summed E-state index contributed by atoms with van der Waals surface area (Å²) in [6, 6.07) is 4.92. The molecule has 1 aliphatic rings. The van der Waals surface area contributed by atoms with Crippen LogP contribution >= 0.6 is 0 Å². The Balaban J connectivity index is 1.98. The molecule has 0 bridgehead atoms. The van der Waals surface area contributed by atoms with E-state index in [1.54, 1.807) is 17.0 Å². The number of rotatable bonds is 2. The van der Waals surface area contributed by atoms with Crippen molar-refractivity contribution in [2.45, 2.75) is 13.8 Å². The molecule has 3 rings (SSSR count). The Labute approximate surface area is 128 Å². The van der Waals surface area contributed by atoms with Gasteiger partial charge in [-0.05, 0) is 37.6 Å².